The zero-order chi connectivity index (χ0) is 14.0. The van der Waals surface area contributed by atoms with Crippen molar-refractivity contribution in [2.75, 3.05) is 20.7 Å². The lowest BCUT2D eigenvalue weighted by molar-refractivity contribution is 0.0322. The van der Waals surface area contributed by atoms with Crippen LogP contribution in [-0.4, -0.2) is 48.3 Å². The van der Waals surface area contributed by atoms with Gasteiger partial charge in [-0.25, -0.2) is 0 Å². The molecule has 3 unspecified atom stereocenters. The Morgan fingerprint density at radius 1 is 1.44 bits per heavy atom. The van der Waals surface area contributed by atoms with Crippen molar-refractivity contribution >= 4 is 0 Å². The molecule has 1 saturated carbocycles. The van der Waals surface area contributed by atoms with Gasteiger partial charge in [-0.05, 0) is 52.1 Å². The maximum atomic E-state index is 9.66. The van der Waals surface area contributed by atoms with Crippen LogP contribution in [0.3, 0.4) is 0 Å². The van der Waals surface area contributed by atoms with E-state index in [4.69, 9.17) is 0 Å². The molecule has 0 saturated heterocycles. The summed E-state index contributed by atoms with van der Waals surface area (Å²) in [5.74, 6) is 0. The molecular weight excluding hydrogens is 224 g/mol. The van der Waals surface area contributed by atoms with Gasteiger partial charge in [0, 0.05) is 17.6 Å². The van der Waals surface area contributed by atoms with Crippen molar-refractivity contribution in [3.63, 3.8) is 0 Å². The number of nitrogens with one attached hydrogen (secondary N) is 1. The van der Waals surface area contributed by atoms with E-state index in [0.717, 1.165) is 12.8 Å². The van der Waals surface area contributed by atoms with Crippen molar-refractivity contribution in [2.24, 2.45) is 5.41 Å². The highest BCUT2D eigenvalue weighted by molar-refractivity contribution is 4.96. The summed E-state index contributed by atoms with van der Waals surface area (Å²) in [4.78, 5) is 2.51. The molecule has 0 spiro atoms. The maximum Gasteiger partial charge on any atom is 0.0613 e. The zero-order valence-corrected chi connectivity index (χ0v) is 13.1. The summed E-state index contributed by atoms with van der Waals surface area (Å²) in [7, 11) is 4.22. The smallest absolute Gasteiger partial charge is 0.0613 e. The molecule has 3 nitrogen and oxygen atoms in total. The van der Waals surface area contributed by atoms with Gasteiger partial charge in [0.1, 0.15) is 0 Å². The fourth-order valence-corrected chi connectivity index (χ4v) is 3.06. The fourth-order valence-electron chi connectivity index (χ4n) is 3.06. The first-order valence-electron chi connectivity index (χ1n) is 7.27. The largest absolute Gasteiger partial charge is 0.394 e. The van der Waals surface area contributed by atoms with E-state index in [9.17, 15) is 5.11 Å². The van der Waals surface area contributed by atoms with Crippen molar-refractivity contribution in [3.8, 4) is 0 Å². The zero-order valence-electron chi connectivity index (χ0n) is 13.1. The predicted molar refractivity (Wildman–Crippen MR) is 77.8 cm³/mol. The van der Waals surface area contributed by atoms with Gasteiger partial charge in [-0.1, -0.05) is 20.8 Å². The number of rotatable bonds is 4. The Morgan fingerprint density at radius 2 is 2.06 bits per heavy atom. The molecule has 1 aliphatic carbocycles. The van der Waals surface area contributed by atoms with Gasteiger partial charge in [0.2, 0.25) is 0 Å². The Balaban J connectivity index is 2.72. The molecule has 2 N–H and O–H groups in total. The second kappa shape index (κ2) is 5.89. The van der Waals surface area contributed by atoms with E-state index in [2.05, 4.69) is 45.0 Å². The summed E-state index contributed by atoms with van der Waals surface area (Å²) in [6.07, 6.45) is 4.60. The van der Waals surface area contributed by atoms with Gasteiger partial charge >= 0.3 is 0 Å². The predicted octanol–water partition coefficient (Wildman–Crippen LogP) is 2.25. The Morgan fingerprint density at radius 3 is 2.50 bits per heavy atom. The van der Waals surface area contributed by atoms with Crippen molar-refractivity contribution < 1.29 is 5.11 Å². The van der Waals surface area contributed by atoms with E-state index in [1.807, 2.05) is 7.05 Å². The van der Waals surface area contributed by atoms with Crippen LogP contribution in [-0.2, 0) is 0 Å². The van der Waals surface area contributed by atoms with Crippen LogP contribution in [0.15, 0.2) is 0 Å². The van der Waals surface area contributed by atoms with Crippen LogP contribution >= 0.6 is 0 Å². The molecule has 0 aromatic rings. The van der Waals surface area contributed by atoms with Crippen molar-refractivity contribution in [1.82, 2.24) is 10.2 Å². The van der Waals surface area contributed by atoms with Crippen molar-refractivity contribution in [2.45, 2.75) is 71.0 Å². The van der Waals surface area contributed by atoms with E-state index < -0.39 is 0 Å². The molecule has 0 radical (unpaired) electrons. The van der Waals surface area contributed by atoms with Crippen molar-refractivity contribution in [3.05, 3.63) is 0 Å². The summed E-state index contributed by atoms with van der Waals surface area (Å²) >= 11 is 0. The third-order valence-corrected chi connectivity index (χ3v) is 5.09. The van der Waals surface area contributed by atoms with Crippen LogP contribution in [0.1, 0.15) is 53.4 Å². The monoisotopic (exact) mass is 256 g/mol. The molecule has 0 amide bonds. The summed E-state index contributed by atoms with van der Waals surface area (Å²) < 4.78 is 0. The number of aliphatic hydroxyl groups excluding tert-OH is 1. The van der Waals surface area contributed by atoms with Crippen LogP contribution in [0, 0.1) is 5.41 Å². The molecule has 1 fully saturated rings. The van der Waals surface area contributed by atoms with Gasteiger partial charge in [0.05, 0.1) is 6.61 Å². The van der Waals surface area contributed by atoms with Gasteiger partial charge in [0.15, 0.2) is 0 Å². The number of hydrogen-bond acceptors (Lipinski definition) is 3. The molecule has 0 aromatic carbocycles. The van der Waals surface area contributed by atoms with Crippen LogP contribution in [0.4, 0.5) is 0 Å². The van der Waals surface area contributed by atoms with Crippen LogP contribution in [0.5, 0.6) is 0 Å². The van der Waals surface area contributed by atoms with Crippen LogP contribution in [0.25, 0.3) is 0 Å². The third kappa shape index (κ3) is 3.46. The first-order chi connectivity index (χ1) is 8.25. The van der Waals surface area contributed by atoms with E-state index in [-0.39, 0.29) is 12.1 Å². The summed E-state index contributed by atoms with van der Waals surface area (Å²) in [6.45, 7) is 9.46. The van der Waals surface area contributed by atoms with Gasteiger partial charge in [-0.2, -0.15) is 0 Å². The van der Waals surface area contributed by atoms with Crippen LogP contribution in [0.2, 0.25) is 0 Å². The first-order valence-corrected chi connectivity index (χ1v) is 7.27. The highest BCUT2D eigenvalue weighted by Crippen LogP contribution is 2.34. The van der Waals surface area contributed by atoms with Gasteiger partial charge in [-0.3, -0.25) is 0 Å². The molecule has 3 heteroatoms. The molecule has 0 aromatic heterocycles. The lowest BCUT2D eigenvalue weighted by atomic mass is 9.77. The second-order valence-electron chi connectivity index (χ2n) is 7.15. The van der Waals surface area contributed by atoms with E-state index in [1.165, 1.54) is 12.8 Å². The number of aliphatic hydroxyl groups is 1. The van der Waals surface area contributed by atoms with Crippen LogP contribution < -0.4 is 5.32 Å². The number of likely N-dealkylation sites (N-methyl/N-ethyl adjacent to an activating group) is 1. The van der Waals surface area contributed by atoms with E-state index >= 15 is 0 Å². The summed E-state index contributed by atoms with van der Waals surface area (Å²) in [5, 5.41) is 13.0. The maximum absolute atomic E-state index is 9.66. The minimum absolute atomic E-state index is 0.0607. The minimum Gasteiger partial charge on any atom is -0.394 e. The lowest BCUT2D eigenvalue weighted by Gasteiger charge is -2.47. The molecule has 108 valence electrons. The molecule has 18 heavy (non-hydrogen) atoms. The minimum atomic E-state index is -0.0607. The van der Waals surface area contributed by atoms with E-state index in [0.29, 0.717) is 17.5 Å². The average molecular weight is 256 g/mol. The first kappa shape index (κ1) is 15.9. The Labute approximate surface area is 113 Å². The average Bonchev–Trinajstić information content (AvgIpc) is 2.35. The molecule has 0 aliphatic heterocycles. The molecular formula is C15H32N2O. The Bertz CT molecular complexity index is 256. The lowest BCUT2D eigenvalue weighted by Crippen LogP contribution is -2.56. The van der Waals surface area contributed by atoms with E-state index in [1.54, 1.807) is 0 Å². The fraction of sp³-hybridized carbons (Fsp3) is 1.00. The highest BCUT2D eigenvalue weighted by atomic mass is 16.3. The molecule has 1 rings (SSSR count). The normalized spacial score (nSPS) is 31.7. The summed E-state index contributed by atoms with van der Waals surface area (Å²) in [5.41, 5.74) is 0.239. The molecule has 1 aliphatic rings. The number of hydrogen-bond donors (Lipinski definition) is 2. The summed E-state index contributed by atoms with van der Waals surface area (Å²) in [6, 6.07) is 1.13. The van der Waals surface area contributed by atoms with Gasteiger partial charge < -0.3 is 15.3 Å². The Kier molecular flexibility index (Phi) is 5.22. The molecule has 0 bridgehead atoms. The molecule has 0 heterocycles. The SMILES string of the molecule is CNC1(CO)CCCC(N(C)C(C)C(C)(C)C)C1. The van der Waals surface area contributed by atoms with Gasteiger partial charge in [-0.15, -0.1) is 0 Å². The topological polar surface area (TPSA) is 35.5 Å². The molecule has 3 atom stereocenters. The highest BCUT2D eigenvalue weighted by Gasteiger charge is 2.38. The second-order valence-corrected chi connectivity index (χ2v) is 7.15. The van der Waals surface area contributed by atoms with Gasteiger partial charge in [0.25, 0.3) is 0 Å². The number of nitrogens with zero attached hydrogens (tertiary/aromatic N) is 1. The van der Waals surface area contributed by atoms with Crippen molar-refractivity contribution in [1.29, 1.82) is 0 Å². The third-order valence-electron chi connectivity index (χ3n) is 5.09. The standard InChI is InChI=1S/C15H32N2O/c1-12(14(2,3)4)17(6)13-8-7-9-15(10-13,11-18)16-5/h12-13,16,18H,7-11H2,1-6H3. The Hall–Kier alpha value is -0.120. The quantitative estimate of drug-likeness (QED) is 0.810.